The molecule has 1 heterocycles. The second-order valence-corrected chi connectivity index (χ2v) is 3.28. The molecule has 0 unspecified atom stereocenters. The number of hydrogen-bond donors (Lipinski definition) is 1. The first-order chi connectivity index (χ1) is 4.72. The third-order valence-electron chi connectivity index (χ3n) is 2.38. The molecule has 1 rings (SSSR count). The van der Waals surface area contributed by atoms with E-state index >= 15 is 0 Å². The van der Waals surface area contributed by atoms with Crippen molar-refractivity contribution in [3.05, 3.63) is 0 Å². The number of aliphatic hydroxyl groups excluding tert-OH is 1. The second kappa shape index (κ2) is 3.35. The molecule has 1 aliphatic heterocycles. The van der Waals surface area contributed by atoms with Crippen LogP contribution in [0.5, 0.6) is 0 Å². The molecule has 0 saturated carbocycles. The minimum Gasteiger partial charge on any atom is -0.392 e. The third-order valence-corrected chi connectivity index (χ3v) is 2.38. The van der Waals surface area contributed by atoms with Gasteiger partial charge < -0.3 is 10.0 Å². The normalized spacial score (nSPS) is 32.1. The molecular weight excluding hydrogens is 126 g/mol. The Morgan fingerprint density at radius 3 is 2.60 bits per heavy atom. The zero-order valence-electron chi connectivity index (χ0n) is 6.88. The minimum absolute atomic E-state index is 0.162. The predicted octanol–water partition coefficient (Wildman–Crippen LogP) is 0.851. The molecule has 2 heteroatoms. The number of hydrogen-bond acceptors (Lipinski definition) is 2. The second-order valence-electron chi connectivity index (χ2n) is 3.28. The van der Waals surface area contributed by atoms with Crippen LogP contribution in [0.2, 0.25) is 0 Å². The van der Waals surface area contributed by atoms with Crippen LogP contribution in [0.3, 0.4) is 0 Å². The van der Waals surface area contributed by atoms with Crippen molar-refractivity contribution in [3.63, 3.8) is 0 Å². The van der Waals surface area contributed by atoms with Gasteiger partial charge in [0, 0.05) is 6.04 Å². The Balaban J connectivity index is 2.40. The van der Waals surface area contributed by atoms with E-state index in [0.717, 1.165) is 13.0 Å². The van der Waals surface area contributed by atoms with Gasteiger partial charge in [-0.2, -0.15) is 0 Å². The zero-order chi connectivity index (χ0) is 7.56. The molecular formula is C8H17NO. The van der Waals surface area contributed by atoms with Crippen molar-refractivity contribution in [1.82, 2.24) is 4.90 Å². The summed E-state index contributed by atoms with van der Waals surface area (Å²) in [6, 6.07) is 0.411. The van der Waals surface area contributed by atoms with E-state index in [1.165, 1.54) is 12.8 Å². The van der Waals surface area contributed by atoms with Gasteiger partial charge in [-0.05, 0) is 33.4 Å². The van der Waals surface area contributed by atoms with Crippen LogP contribution in [0.15, 0.2) is 0 Å². The third kappa shape index (κ3) is 1.70. The van der Waals surface area contributed by atoms with Crippen LogP contribution in [0.25, 0.3) is 0 Å². The van der Waals surface area contributed by atoms with Crippen molar-refractivity contribution in [1.29, 1.82) is 0 Å². The maximum atomic E-state index is 9.31. The highest BCUT2D eigenvalue weighted by atomic mass is 16.3. The number of nitrogens with zero attached hydrogens (tertiary/aromatic N) is 1. The molecule has 0 amide bonds. The molecule has 2 nitrogen and oxygen atoms in total. The van der Waals surface area contributed by atoms with Crippen molar-refractivity contribution in [3.8, 4) is 0 Å². The lowest BCUT2D eigenvalue weighted by Gasteiger charge is -2.34. The molecule has 0 spiro atoms. The fourth-order valence-corrected chi connectivity index (χ4v) is 1.71. The van der Waals surface area contributed by atoms with E-state index in [-0.39, 0.29) is 6.10 Å². The van der Waals surface area contributed by atoms with Gasteiger partial charge in [-0.3, -0.25) is 0 Å². The van der Waals surface area contributed by atoms with E-state index in [9.17, 15) is 5.11 Å². The van der Waals surface area contributed by atoms with Crippen molar-refractivity contribution in [2.45, 2.75) is 38.3 Å². The lowest BCUT2D eigenvalue weighted by molar-refractivity contribution is 0.0529. The highest BCUT2D eigenvalue weighted by Gasteiger charge is 2.22. The van der Waals surface area contributed by atoms with E-state index in [2.05, 4.69) is 11.9 Å². The number of aliphatic hydroxyl groups is 1. The molecule has 0 bridgehead atoms. The summed E-state index contributed by atoms with van der Waals surface area (Å²) in [4.78, 5) is 2.26. The Bertz CT molecular complexity index is 103. The summed E-state index contributed by atoms with van der Waals surface area (Å²) < 4.78 is 0. The van der Waals surface area contributed by atoms with Crippen molar-refractivity contribution in [2.75, 3.05) is 13.6 Å². The highest BCUT2D eigenvalue weighted by Crippen LogP contribution is 2.17. The maximum Gasteiger partial charge on any atom is 0.0667 e. The van der Waals surface area contributed by atoms with Gasteiger partial charge in [0.05, 0.1) is 6.10 Å². The molecule has 10 heavy (non-hydrogen) atoms. The van der Waals surface area contributed by atoms with Crippen molar-refractivity contribution < 1.29 is 5.11 Å². The van der Waals surface area contributed by atoms with Gasteiger partial charge in [0.1, 0.15) is 0 Å². The number of rotatable bonds is 1. The maximum absolute atomic E-state index is 9.31. The van der Waals surface area contributed by atoms with Crippen LogP contribution >= 0.6 is 0 Å². The topological polar surface area (TPSA) is 23.5 Å². The van der Waals surface area contributed by atoms with Gasteiger partial charge in [-0.1, -0.05) is 6.42 Å². The first kappa shape index (κ1) is 8.02. The van der Waals surface area contributed by atoms with Gasteiger partial charge in [0.2, 0.25) is 0 Å². The Morgan fingerprint density at radius 2 is 2.20 bits per heavy atom. The molecule has 0 aromatic rings. The molecule has 1 aliphatic rings. The molecule has 2 atom stereocenters. The predicted molar refractivity (Wildman–Crippen MR) is 41.9 cm³/mol. The van der Waals surface area contributed by atoms with Crippen LogP contribution in [-0.4, -0.2) is 35.7 Å². The largest absolute Gasteiger partial charge is 0.392 e. The summed E-state index contributed by atoms with van der Waals surface area (Å²) in [5.41, 5.74) is 0. The van der Waals surface area contributed by atoms with Crippen molar-refractivity contribution in [2.24, 2.45) is 0 Å². The lowest BCUT2D eigenvalue weighted by atomic mass is 9.99. The van der Waals surface area contributed by atoms with Crippen LogP contribution < -0.4 is 0 Å². The standard InChI is InChI=1S/C8H17NO/c1-7(10)8-5-3-4-6-9(8)2/h7-8,10H,3-6H2,1-2H3/t7-,8-/m1/s1. The molecule has 0 aromatic carbocycles. The van der Waals surface area contributed by atoms with Gasteiger partial charge in [-0.25, -0.2) is 0 Å². The molecule has 1 N–H and O–H groups in total. The lowest BCUT2D eigenvalue weighted by Crippen LogP contribution is -2.43. The van der Waals surface area contributed by atoms with Gasteiger partial charge in [-0.15, -0.1) is 0 Å². The number of likely N-dealkylation sites (tertiary alicyclic amines) is 1. The number of likely N-dealkylation sites (N-methyl/N-ethyl adjacent to an activating group) is 1. The summed E-state index contributed by atoms with van der Waals surface area (Å²) in [5.74, 6) is 0. The Labute approximate surface area is 62.8 Å². The Morgan fingerprint density at radius 1 is 1.50 bits per heavy atom. The van der Waals surface area contributed by atoms with Crippen LogP contribution in [0.1, 0.15) is 26.2 Å². The number of piperidine rings is 1. The van der Waals surface area contributed by atoms with Crippen LogP contribution in [0.4, 0.5) is 0 Å². The minimum atomic E-state index is -0.162. The van der Waals surface area contributed by atoms with E-state index < -0.39 is 0 Å². The van der Waals surface area contributed by atoms with E-state index in [0.29, 0.717) is 6.04 Å². The first-order valence-corrected chi connectivity index (χ1v) is 4.10. The average molecular weight is 143 g/mol. The fourth-order valence-electron chi connectivity index (χ4n) is 1.71. The molecule has 60 valence electrons. The fraction of sp³-hybridized carbons (Fsp3) is 1.00. The van der Waals surface area contributed by atoms with E-state index in [1.54, 1.807) is 0 Å². The van der Waals surface area contributed by atoms with Gasteiger partial charge in [0.25, 0.3) is 0 Å². The summed E-state index contributed by atoms with van der Waals surface area (Å²) in [5, 5.41) is 9.31. The van der Waals surface area contributed by atoms with Crippen LogP contribution in [0, 0.1) is 0 Å². The molecule has 1 fully saturated rings. The SMILES string of the molecule is C[C@@H](O)[C@H]1CCCCN1C. The van der Waals surface area contributed by atoms with E-state index in [1.807, 2.05) is 6.92 Å². The monoisotopic (exact) mass is 143 g/mol. The summed E-state index contributed by atoms with van der Waals surface area (Å²) in [6.45, 7) is 3.03. The van der Waals surface area contributed by atoms with Gasteiger partial charge in [0.15, 0.2) is 0 Å². The first-order valence-electron chi connectivity index (χ1n) is 4.10. The molecule has 1 saturated heterocycles. The Kier molecular flexibility index (Phi) is 2.69. The molecule has 0 radical (unpaired) electrons. The quantitative estimate of drug-likeness (QED) is 0.588. The average Bonchev–Trinajstić information content (AvgIpc) is 1.88. The van der Waals surface area contributed by atoms with Crippen LogP contribution in [-0.2, 0) is 0 Å². The molecule has 0 aliphatic carbocycles. The Hall–Kier alpha value is -0.0800. The summed E-state index contributed by atoms with van der Waals surface area (Å²) in [6.07, 6.45) is 3.57. The highest BCUT2D eigenvalue weighted by molar-refractivity contribution is 4.77. The summed E-state index contributed by atoms with van der Waals surface area (Å²) >= 11 is 0. The molecule has 0 aromatic heterocycles. The van der Waals surface area contributed by atoms with Gasteiger partial charge >= 0.3 is 0 Å². The zero-order valence-corrected chi connectivity index (χ0v) is 6.88. The summed E-state index contributed by atoms with van der Waals surface area (Å²) in [7, 11) is 2.09. The van der Waals surface area contributed by atoms with Crippen molar-refractivity contribution >= 4 is 0 Å². The van der Waals surface area contributed by atoms with E-state index in [4.69, 9.17) is 0 Å². The smallest absolute Gasteiger partial charge is 0.0667 e.